The second-order valence-corrected chi connectivity index (χ2v) is 2.50. The molecule has 0 spiro atoms. The number of benzene rings is 1. The maximum Gasteiger partial charge on any atom is 0.203 e. The molecule has 14 heavy (non-hydrogen) atoms. The Morgan fingerprint density at radius 3 is 1.79 bits per heavy atom. The van der Waals surface area contributed by atoms with Gasteiger partial charge >= 0.3 is 0 Å². The number of hydrogen-bond acceptors (Lipinski definition) is 5. The fraction of sp³-hybridized carbons (Fsp3) is 0.333. The lowest BCUT2D eigenvalue weighted by atomic mass is 10.2. The highest BCUT2D eigenvalue weighted by Crippen LogP contribution is 2.40. The summed E-state index contributed by atoms with van der Waals surface area (Å²) in [6.45, 7) is 0. The first-order valence-corrected chi connectivity index (χ1v) is 3.94. The van der Waals surface area contributed by atoms with Gasteiger partial charge in [-0.2, -0.15) is 5.11 Å². The lowest BCUT2D eigenvalue weighted by molar-refractivity contribution is 0.324. The number of nitrogens with one attached hydrogen (secondary N) is 1. The maximum atomic E-state index is 6.89. The number of rotatable bonds is 4. The normalized spacial score (nSPS) is 9.36. The minimum absolute atomic E-state index is 0.458. The van der Waals surface area contributed by atoms with E-state index >= 15 is 0 Å². The van der Waals surface area contributed by atoms with E-state index in [1.807, 2.05) is 0 Å². The summed E-state index contributed by atoms with van der Waals surface area (Å²) in [5, 5.41) is 3.30. The number of nitrogens with zero attached hydrogens (tertiary/aromatic N) is 1. The van der Waals surface area contributed by atoms with E-state index in [2.05, 4.69) is 5.11 Å². The van der Waals surface area contributed by atoms with Crippen LogP contribution in [-0.2, 0) is 0 Å². The summed E-state index contributed by atoms with van der Waals surface area (Å²) in [7, 11) is 4.56. The predicted octanol–water partition coefficient (Wildman–Crippen LogP) is 2.37. The van der Waals surface area contributed by atoms with Crippen molar-refractivity contribution in [2.24, 2.45) is 5.11 Å². The Balaban J connectivity index is 3.31. The van der Waals surface area contributed by atoms with Crippen LogP contribution in [0.15, 0.2) is 17.2 Å². The molecule has 0 aliphatic carbocycles. The summed E-state index contributed by atoms with van der Waals surface area (Å²) < 4.78 is 15.3. The standard InChI is InChI=1S/C9H12N2O3/c1-12-7-4-6(11-10)5-8(13-2)9(7)14-3/h4-5,10H,1-3H3. The molecule has 0 saturated heterocycles. The molecule has 0 radical (unpaired) electrons. The minimum Gasteiger partial charge on any atom is -0.493 e. The third-order valence-corrected chi connectivity index (χ3v) is 1.78. The van der Waals surface area contributed by atoms with Crippen LogP contribution in [0.5, 0.6) is 17.2 Å². The van der Waals surface area contributed by atoms with Crippen molar-refractivity contribution in [2.45, 2.75) is 0 Å². The third kappa shape index (κ3) is 1.76. The highest BCUT2D eigenvalue weighted by atomic mass is 16.5. The van der Waals surface area contributed by atoms with E-state index in [1.54, 1.807) is 12.1 Å². The summed E-state index contributed by atoms with van der Waals surface area (Å²) in [4.78, 5) is 0. The van der Waals surface area contributed by atoms with E-state index < -0.39 is 0 Å². The molecule has 0 aromatic heterocycles. The SMILES string of the molecule is COc1cc(N=N)cc(OC)c1OC. The first-order chi connectivity index (χ1) is 6.76. The van der Waals surface area contributed by atoms with Crippen LogP contribution in [0.2, 0.25) is 0 Å². The van der Waals surface area contributed by atoms with Crippen LogP contribution >= 0.6 is 0 Å². The summed E-state index contributed by atoms with van der Waals surface area (Å²) in [5.41, 5.74) is 7.35. The van der Waals surface area contributed by atoms with Gasteiger partial charge in [-0.25, -0.2) is 5.53 Å². The van der Waals surface area contributed by atoms with E-state index in [9.17, 15) is 0 Å². The molecule has 0 atom stereocenters. The summed E-state index contributed by atoms with van der Waals surface area (Å²) >= 11 is 0. The van der Waals surface area contributed by atoms with Crippen LogP contribution in [0, 0.1) is 5.53 Å². The van der Waals surface area contributed by atoms with Crippen LogP contribution in [0.1, 0.15) is 0 Å². The fourth-order valence-corrected chi connectivity index (χ4v) is 1.13. The number of hydrogen-bond donors (Lipinski definition) is 1. The molecular weight excluding hydrogens is 184 g/mol. The second kappa shape index (κ2) is 4.45. The van der Waals surface area contributed by atoms with Crippen LogP contribution in [-0.4, -0.2) is 21.3 Å². The Morgan fingerprint density at radius 2 is 1.50 bits per heavy atom. The Kier molecular flexibility index (Phi) is 3.28. The van der Waals surface area contributed by atoms with Crippen molar-refractivity contribution in [3.63, 3.8) is 0 Å². The number of methoxy groups -OCH3 is 3. The molecule has 76 valence electrons. The Bertz CT molecular complexity index is 314. The van der Waals surface area contributed by atoms with Gasteiger partial charge in [0.2, 0.25) is 5.75 Å². The van der Waals surface area contributed by atoms with E-state index in [0.717, 1.165) is 0 Å². The molecular formula is C9H12N2O3. The third-order valence-electron chi connectivity index (χ3n) is 1.78. The monoisotopic (exact) mass is 196 g/mol. The van der Waals surface area contributed by atoms with E-state index in [1.165, 1.54) is 21.3 Å². The molecule has 0 heterocycles. The van der Waals surface area contributed by atoms with Crippen molar-refractivity contribution in [1.29, 1.82) is 5.53 Å². The largest absolute Gasteiger partial charge is 0.493 e. The average molecular weight is 196 g/mol. The molecule has 0 aliphatic heterocycles. The minimum atomic E-state index is 0.458. The Hall–Kier alpha value is -1.78. The summed E-state index contributed by atoms with van der Waals surface area (Å²) in [5.74, 6) is 1.50. The molecule has 0 aliphatic rings. The van der Waals surface area contributed by atoms with Crippen LogP contribution < -0.4 is 14.2 Å². The second-order valence-electron chi connectivity index (χ2n) is 2.50. The van der Waals surface area contributed by atoms with Gasteiger partial charge in [-0.05, 0) is 0 Å². The zero-order valence-electron chi connectivity index (χ0n) is 8.33. The molecule has 1 aromatic carbocycles. The van der Waals surface area contributed by atoms with Gasteiger partial charge in [0.1, 0.15) is 0 Å². The van der Waals surface area contributed by atoms with Crippen molar-refractivity contribution in [3.8, 4) is 17.2 Å². The van der Waals surface area contributed by atoms with Gasteiger partial charge in [0.15, 0.2) is 11.5 Å². The summed E-state index contributed by atoms with van der Waals surface area (Å²) in [6.07, 6.45) is 0. The predicted molar refractivity (Wildman–Crippen MR) is 50.9 cm³/mol. The Morgan fingerprint density at radius 1 is 1.00 bits per heavy atom. The van der Waals surface area contributed by atoms with Gasteiger partial charge in [-0.15, -0.1) is 0 Å². The van der Waals surface area contributed by atoms with Crippen molar-refractivity contribution in [3.05, 3.63) is 12.1 Å². The first kappa shape index (κ1) is 10.3. The zero-order chi connectivity index (χ0) is 10.6. The molecule has 0 unspecified atom stereocenters. The molecule has 5 nitrogen and oxygen atoms in total. The molecule has 5 heteroatoms. The van der Waals surface area contributed by atoms with Crippen molar-refractivity contribution in [2.75, 3.05) is 21.3 Å². The highest BCUT2D eigenvalue weighted by Gasteiger charge is 2.12. The highest BCUT2D eigenvalue weighted by molar-refractivity contribution is 5.59. The van der Waals surface area contributed by atoms with Gasteiger partial charge in [-0.1, -0.05) is 0 Å². The van der Waals surface area contributed by atoms with E-state index in [-0.39, 0.29) is 0 Å². The summed E-state index contributed by atoms with van der Waals surface area (Å²) in [6, 6.07) is 3.21. The van der Waals surface area contributed by atoms with Gasteiger partial charge < -0.3 is 14.2 Å². The number of ether oxygens (including phenoxy) is 3. The van der Waals surface area contributed by atoms with Crippen LogP contribution in [0.25, 0.3) is 0 Å². The van der Waals surface area contributed by atoms with Crippen LogP contribution in [0.3, 0.4) is 0 Å². The molecule has 0 saturated carbocycles. The molecule has 1 aromatic rings. The van der Waals surface area contributed by atoms with Gasteiger partial charge in [0.05, 0.1) is 27.0 Å². The van der Waals surface area contributed by atoms with Gasteiger partial charge in [-0.3, -0.25) is 0 Å². The molecule has 0 bridgehead atoms. The smallest absolute Gasteiger partial charge is 0.203 e. The van der Waals surface area contributed by atoms with Crippen molar-refractivity contribution in [1.82, 2.24) is 0 Å². The Labute approximate surface area is 82.1 Å². The average Bonchev–Trinajstić information content (AvgIpc) is 2.26. The van der Waals surface area contributed by atoms with E-state index in [0.29, 0.717) is 22.9 Å². The zero-order valence-corrected chi connectivity index (χ0v) is 8.33. The fourth-order valence-electron chi connectivity index (χ4n) is 1.13. The van der Waals surface area contributed by atoms with Gasteiger partial charge in [0, 0.05) is 12.1 Å². The molecule has 0 fully saturated rings. The topological polar surface area (TPSA) is 63.9 Å². The van der Waals surface area contributed by atoms with Crippen molar-refractivity contribution >= 4 is 5.69 Å². The first-order valence-electron chi connectivity index (χ1n) is 3.94. The molecule has 1 N–H and O–H groups in total. The maximum absolute atomic E-state index is 6.89. The molecule has 1 rings (SSSR count). The quantitative estimate of drug-likeness (QED) is 0.752. The van der Waals surface area contributed by atoms with Crippen LogP contribution in [0.4, 0.5) is 5.69 Å². The van der Waals surface area contributed by atoms with Gasteiger partial charge in [0.25, 0.3) is 0 Å². The van der Waals surface area contributed by atoms with E-state index in [4.69, 9.17) is 19.7 Å². The molecule has 0 amide bonds. The van der Waals surface area contributed by atoms with Crippen molar-refractivity contribution < 1.29 is 14.2 Å². The lowest BCUT2D eigenvalue weighted by Crippen LogP contribution is -1.94. The lowest BCUT2D eigenvalue weighted by Gasteiger charge is -2.11.